The van der Waals surface area contributed by atoms with Gasteiger partial charge >= 0.3 is 6.03 Å². The van der Waals surface area contributed by atoms with Gasteiger partial charge in [0.05, 0.1) is 18.0 Å². The minimum Gasteiger partial charge on any atom is -0.493 e. The predicted molar refractivity (Wildman–Crippen MR) is 178 cm³/mol. The van der Waals surface area contributed by atoms with Crippen molar-refractivity contribution in [2.24, 2.45) is 0 Å². The third-order valence-corrected chi connectivity index (χ3v) is 9.34. The standard InChI is InChI=1S/C33H39N7O4S/c1-32(2,3)28-21-29(36-31(42)35-25-9-13-27(14-10-25)44-20-17-23-15-18-34-19-16-23)40(37-28)26-11-7-24(8-12-26)22-39-33(4,5)30(41)38-45(39,6)43/h7-16,18-19,21H,6,17,20,22H2,1-5H3,(H2,35,36,42)(H,38,41,43). The number of hydrogen-bond acceptors (Lipinski definition) is 6. The number of ether oxygens (including phenoxy) is 1. The van der Waals surface area contributed by atoms with Crippen molar-refractivity contribution in [2.75, 3.05) is 17.2 Å². The van der Waals surface area contributed by atoms with Gasteiger partial charge in [0.1, 0.15) is 27.0 Å². The van der Waals surface area contributed by atoms with Gasteiger partial charge in [0, 0.05) is 42.5 Å². The Labute approximate surface area is 264 Å². The van der Waals surface area contributed by atoms with E-state index in [4.69, 9.17) is 9.84 Å². The van der Waals surface area contributed by atoms with Crippen LogP contribution in [-0.2, 0) is 33.1 Å². The van der Waals surface area contributed by atoms with Crippen LogP contribution in [0.2, 0.25) is 0 Å². The van der Waals surface area contributed by atoms with Gasteiger partial charge in [0.25, 0.3) is 5.91 Å². The second-order valence-corrected chi connectivity index (χ2v) is 14.4. The Morgan fingerprint density at radius 2 is 1.67 bits per heavy atom. The van der Waals surface area contributed by atoms with Crippen LogP contribution in [0.25, 0.3) is 5.69 Å². The number of carbonyl (C=O) groups is 2. The summed E-state index contributed by atoms with van der Waals surface area (Å²) in [5.41, 5.74) is 2.91. The number of nitrogens with one attached hydrogen (secondary N) is 3. The number of amides is 3. The summed E-state index contributed by atoms with van der Waals surface area (Å²) in [6, 6.07) is 20.1. The van der Waals surface area contributed by atoms with E-state index in [2.05, 4.69) is 47.0 Å². The molecule has 0 bridgehead atoms. The molecule has 3 amide bonds. The Kier molecular flexibility index (Phi) is 8.72. The molecule has 45 heavy (non-hydrogen) atoms. The van der Waals surface area contributed by atoms with Crippen LogP contribution in [0.4, 0.5) is 16.3 Å². The molecule has 1 atom stereocenters. The SMILES string of the molecule is C=S1(=O)NC(=O)C(C)(C)N1Cc1ccc(-n2nc(C(C)(C)C)cc2NC(=O)Nc2ccc(OCCc3ccncc3)cc2)cc1. The van der Waals surface area contributed by atoms with Crippen molar-refractivity contribution in [2.45, 2.75) is 58.5 Å². The van der Waals surface area contributed by atoms with Crippen LogP contribution in [0.3, 0.4) is 0 Å². The van der Waals surface area contributed by atoms with Crippen LogP contribution in [-0.4, -0.2) is 53.2 Å². The van der Waals surface area contributed by atoms with Crippen LogP contribution in [0.5, 0.6) is 5.75 Å². The summed E-state index contributed by atoms with van der Waals surface area (Å²) in [6.45, 7) is 10.4. The normalized spacial score (nSPS) is 17.9. The van der Waals surface area contributed by atoms with Crippen LogP contribution < -0.4 is 20.1 Å². The molecular formula is C33H39N7O4S. The molecule has 0 spiro atoms. The summed E-state index contributed by atoms with van der Waals surface area (Å²) in [5.74, 6) is 4.62. The molecule has 11 nitrogen and oxygen atoms in total. The first kappa shape index (κ1) is 31.7. The molecule has 1 saturated heterocycles. The lowest BCUT2D eigenvalue weighted by Gasteiger charge is -2.28. The molecule has 1 aliphatic rings. The molecule has 0 aliphatic carbocycles. The maximum Gasteiger partial charge on any atom is 0.324 e. The average Bonchev–Trinajstić information content (AvgIpc) is 3.47. The fourth-order valence-electron chi connectivity index (χ4n) is 4.80. The van der Waals surface area contributed by atoms with Crippen molar-refractivity contribution >= 4 is 39.2 Å². The Morgan fingerprint density at radius 3 is 2.27 bits per heavy atom. The molecule has 236 valence electrons. The highest BCUT2D eigenvalue weighted by Gasteiger charge is 2.46. The Balaban J connectivity index is 1.26. The molecule has 2 aromatic heterocycles. The van der Waals surface area contributed by atoms with Crippen molar-refractivity contribution in [3.05, 3.63) is 95.9 Å². The molecule has 0 radical (unpaired) electrons. The highest BCUT2D eigenvalue weighted by Crippen LogP contribution is 2.29. The summed E-state index contributed by atoms with van der Waals surface area (Å²) >= 11 is 0. The van der Waals surface area contributed by atoms with Crippen molar-refractivity contribution < 1.29 is 18.5 Å². The first-order valence-corrected chi connectivity index (χ1v) is 16.3. The van der Waals surface area contributed by atoms with Crippen LogP contribution in [0, 0.1) is 0 Å². The number of nitrogens with zero attached hydrogens (tertiary/aromatic N) is 4. The summed E-state index contributed by atoms with van der Waals surface area (Å²) in [7, 11) is -2.93. The van der Waals surface area contributed by atoms with Gasteiger partial charge in [0.2, 0.25) is 0 Å². The molecular weight excluding hydrogens is 590 g/mol. The summed E-state index contributed by atoms with van der Waals surface area (Å²) in [5, 5.41) is 10.6. The predicted octanol–water partition coefficient (Wildman–Crippen LogP) is 5.09. The number of urea groups is 1. The monoisotopic (exact) mass is 629 g/mol. The van der Waals surface area contributed by atoms with E-state index in [0.29, 0.717) is 23.9 Å². The Bertz CT molecular complexity index is 1780. The van der Waals surface area contributed by atoms with E-state index in [1.807, 2.05) is 54.6 Å². The molecule has 4 aromatic rings. The zero-order valence-corrected chi connectivity index (χ0v) is 27.0. The number of hydrogen-bond donors (Lipinski definition) is 3. The van der Waals surface area contributed by atoms with Crippen LogP contribution >= 0.6 is 0 Å². The zero-order valence-electron chi connectivity index (χ0n) is 26.2. The molecule has 3 N–H and O–H groups in total. The van der Waals surface area contributed by atoms with Gasteiger partial charge in [0.15, 0.2) is 0 Å². The third-order valence-electron chi connectivity index (χ3n) is 7.53. The largest absolute Gasteiger partial charge is 0.493 e. The van der Waals surface area contributed by atoms with E-state index >= 15 is 0 Å². The maximum absolute atomic E-state index is 13.1. The van der Waals surface area contributed by atoms with Crippen molar-refractivity contribution in [1.82, 2.24) is 23.8 Å². The van der Waals surface area contributed by atoms with Crippen molar-refractivity contribution in [3.63, 3.8) is 0 Å². The van der Waals surface area contributed by atoms with Gasteiger partial charge in [-0.1, -0.05) is 32.9 Å². The fourth-order valence-corrected chi connectivity index (χ4v) is 6.63. The molecule has 1 aliphatic heterocycles. The van der Waals surface area contributed by atoms with Crippen LogP contribution in [0.1, 0.15) is 51.4 Å². The van der Waals surface area contributed by atoms with Gasteiger partial charge in [-0.05, 0) is 79.4 Å². The number of pyridine rings is 1. The molecule has 0 saturated carbocycles. The maximum atomic E-state index is 13.1. The Morgan fingerprint density at radius 1 is 1.00 bits per heavy atom. The highest BCUT2D eigenvalue weighted by molar-refractivity contribution is 7.97. The molecule has 1 unspecified atom stereocenters. The third kappa shape index (κ3) is 7.35. The lowest BCUT2D eigenvalue weighted by atomic mass is 9.92. The molecule has 3 heterocycles. The molecule has 1 fully saturated rings. The van der Waals surface area contributed by atoms with E-state index in [0.717, 1.165) is 28.9 Å². The topological polar surface area (TPSA) is 130 Å². The number of benzene rings is 2. The fraction of sp³-hybridized carbons (Fsp3) is 0.303. The smallest absolute Gasteiger partial charge is 0.324 e. The van der Waals surface area contributed by atoms with Gasteiger partial charge in [-0.15, -0.1) is 0 Å². The second-order valence-electron chi connectivity index (χ2n) is 12.5. The first-order chi connectivity index (χ1) is 21.2. The van der Waals surface area contributed by atoms with E-state index in [1.165, 1.54) is 0 Å². The van der Waals surface area contributed by atoms with Crippen molar-refractivity contribution in [1.29, 1.82) is 0 Å². The van der Waals surface area contributed by atoms with Gasteiger partial charge in [-0.3, -0.25) is 19.8 Å². The molecule has 2 aromatic carbocycles. The Hall–Kier alpha value is -4.68. The number of carbonyl (C=O) groups excluding carboxylic acids is 2. The highest BCUT2D eigenvalue weighted by atomic mass is 32.2. The van der Waals surface area contributed by atoms with E-state index in [9.17, 15) is 13.8 Å². The average molecular weight is 630 g/mol. The van der Waals surface area contributed by atoms with Crippen LogP contribution in [0.15, 0.2) is 79.1 Å². The lowest BCUT2D eigenvalue weighted by molar-refractivity contribution is -0.125. The molecule has 12 heteroatoms. The minimum absolute atomic E-state index is 0.263. The van der Waals surface area contributed by atoms with E-state index in [-0.39, 0.29) is 17.9 Å². The van der Waals surface area contributed by atoms with Crippen molar-refractivity contribution in [3.8, 4) is 11.4 Å². The number of aromatic nitrogens is 3. The van der Waals surface area contributed by atoms with E-state index in [1.54, 1.807) is 47.4 Å². The van der Waals surface area contributed by atoms with Gasteiger partial charge in [-0.2, -0.15) is 9.40 Å². The first-order valence-electron chi connectivity index (χ1n) is 14.6. The summed E-state index contributed by atoms with van der Waals surface area (Å²) in [6.07, 6.45) is 4.29. The second kappa shape index (κ2) is 12.4. The van der Waals surface area contributed by atoms with Gasteiger partial charge < -0.3 is 10.1 Å². The van der Waals surface area contributed by atoms with E-state index < -0.39 is 21.5 Å². The minimum atomic E-state index is -2.93. The lowest BCUT2D eigenvalue weighted by Crippen LogP contribution is -2.43. The molecule has 5 rings (SSSR count). The zero-order chi connectivity index (χ0) is 32.4. The number of rotatable bonds is 9. The number of anilines is 2. The summed E-state index contributed by atoms with van der Waals surface area (Å²) in [4.78, 5) is 29.4. The summed E-state index contributed by atoms with van der Waals surface area (Å²) < 4.78 is 24.5. The quantitative estimate of drug-likeness (QED) is 0.221. The van der Waals surface area contributed by atoms with Gasteiger partial charge in [-0.25, -0.2) is 13.7 Å².